The second kappa shape index (κ2) is 6.46. The zero-order chi connectivity index (χ0) is 13.9. The van der Waals surface area contributed by atoms with Crippen LogP contribution in [0.25, 0.3) is 0 Å². The number of hydrogen-bond donors (Lipinski definition) is 2. The smallest absolute Gasteiger partial charge is 0.220 e. The average Bonchev–Trinajstić information content (AvgIpc) is 2.86. The minimum Gasteiger partial charge on any atom is -0.369 e. The van der Waals surface area contributed by atoms with Crippen LogP contribution in [-0.4, -0.2) is 18.0 Å². The molecule has 0 aromatic heterocycles. The molecule has 3 heteroatoms. The summed E-state index contributed by atoms with van der Waals surface area (Å²) in [5.74, 6) is 1.83. The third kappa shape index (κ3) is 3.19. The molecule has 0 aliphatic heterocycles. The van der Waals surface area contributed by atoms with Crippen molar-refractivity contribution >= 4 is 5.91 Å². The van der Waals surface area contributed by atoms with Crippen LogP contribution in [0.15, 0.2) is 0 Å². The van der Waals surface area contributed by atoms with Gasteiger partial charge < -0.3 is 11.1 Å². The maximum Gasteiger partial charge on any atom is 0.220 e. The van der Waals surface area contributed by atoms with Gasteiger partial charge in [0.1, 0.15) is 0 Å². The lowest BCUT2D eigenvalue weighted by Crippen LogP contribution is -2.49. The van der Waals surface area contributed by atoms with Gasteiger partial charge in [0.25, 0.3) is 0 Å². The summed E-state index contributed by atoms with van der Waals surface area (Å²) in [6.07, 6.45) is 14.5. The molecule has 114 valence electrons. The van der Waals surface area contributed by atoms with Crippen LogP contribution in [0.4, 0.5) is 0 Å². The van der Waals surface area contributed by atoms with E-state index in [-0.39, 0.29) is 11.8 Å². The van der Waals surface area contributed by atoms with Crippen molar-refractivity contribution in [2.45, 2.75) is 82.7 Å². The van der Waals surface area contributed by atoms with E-state index < -0.39 is 0 Å². The predicted molar refractivity (Wildman–Crippen MR) is 81.2 cm³/mol. The molecule has 20 heavy (non-hydrogen) atoms. The molecule has 3 rings (SSSR count). The van der Waals surface area contributed by atoms with Gasteiger partial charge in [-0.3, -0.25) is 4.79 Å². The van der Waals surface area contributed by atoms with E-state index in [1.165, 1.54) is 51.4 Å². The molecule has 0 spiro atoms. The molecule has 3 N–H and O–H groups in total. The van der Waals surface area contributed by atoms with Crippen LogP contribution < -0.4 is 11.1 Å². The second-order valence-electron chi connectivity index (χ2n) is 7.39. The number of carbonyl (C=O) groups excluding carboxylic acids is 1. The lowest BCUT2D eigenvalue weighted by Gasteiger charge is -2.42. The molecule has 0 radical (unpaired) electrons. The van der Waals surface area contributed by atoms with Crippen molar-refractivity contribution in [1.82, 2.24) is 5.32 Å². The SMILES string of the molecule is NC(=O)[C@@H]1CC[C@H](NC(C2CCCCC2)C2CCC2)C1. The molecule has 1 amide bonds. The summed E-state index contributed by atoms with van der Waals surface area (Å²) in [5.41, 5.74) is 5.46. The van der Waals surface area contributed by atoms with Crippen molar-refractivity contribution in [3.63, 3.8) is 0 Å². The highest BCUT2D eigenvalue weighted by molar-refractivity contribution is 5.77. The van der Waals surface area contributed by atoms with Gasteiger partial charge >= 0.3 is 0 Å². The van der Waals surface area contributed by atoms with E-state index in [1.54, 1.807) is 0 Å². The number of carbonyl (C=O) groups is 1. The van der Waals surface area contributed by atoms with E-state index in [4.69, 9.17) is 5.73 Å². The lowest BCUT2D eigenvalue weighted by atomic mass is 9.70. The van der Waals surface area contributed by atoms with Crippen molar-refractivity contribution < 1.29 is 4.79 Å². The Labute approximate surface area is 123 Å². The van der Waals surface area contributed by atoms with Crippen LogP contribution in [0.2, 0.25) is 0 Å². The Kier molecular flexibility index (Phi) is 4.65. The van der Waals surface area contributed by atoms with E-state index in [9.17, 15) is 4.79 Å². The molecule has 3 nitrogen and oxygen atoms in total. The maximum atomic E-state index is 11.3. The lowest BCUT2D eigenvalue weighted by molar-refractivity contribution is -0.121. The van der Waals surface area contributed by atoms with Crippen LogP contribution in [0, 0.1) is 17.8 Å². The van der Waals surface area contributed by atoms with Crippen molar-refractivity contribution in [3.05, 3.63) is 0 Å². The van der Waals surface area contributed by atoms with Gasteiger partial charge in [-0.05, 0) is 56.8 Å². The van der Waals surface area contributed by atoms with Gasteiger partial charge in [0.15, 0.2) is 0 Å². The molecule has 0 saturated heterocycles. The third-order valence-corrected chi connectivity index (χ3v) is 6.08. The topological polar surface area (TPSA) is 55.1 Å². The van der Waals surface area contributed by atoms with Gasteiger partial charge in [0.2, 0.25) is 5.91 Å². The Morgan fingerprint density at radius 2 is 1.55 bits per heavy atom. The van der Waals surface area contributed by atoms with Crippen molar-refractivity contribution in [3.8, 4) is 0 Å². The minimum absolute atomic E-state index is 0.0906. The molecule has 0 bridgehead atoms. The van der Waals surface area contributed by atoms with Crippen LogP contribution in [-0.2, 0) is 4.79 Å². The molecule has 3 aliphatic rings. The largest absolute Gasteiger partial charge is 0.369 e. The average molecular weight is 278 g/mol. The molecule has 0 heterocycles. The first-order chi connectivity index (χ1) is 9.74. The minimum atomic E-state index is -0.0906. The first kappa shape index (κ1) is 14.4. The quantitative estimate of drug-likeness (QED) is 0.812. The maximum absolute atomic E-state index is 11.3. The fourth-order valence-electron chi connectivity index (χ4n) is 4.61. The normalized spacial score (nSPS) is 33.8. The van der Waals surface area contributed by atoms with Gasteiger partial charge in [0, 0.05) is 18.0 Å². The Hall–Kier alpha value is -0.570. The van der Waals surface area contributed by atoms with Crippen LogP contribution >= 0.6 is 0 Å². The first-order valence-electron chi connectivity index (χ1n) is 8.79. The number of amides is 1. The van der Waals surface area contributed by atoms with Gasteiger partial charge in [-0.2, -0.15) is 0 Å². The monoisotopic (exact) mass is 278 g/mol. The highest BCUT2D eigenvalue weighted by atomic mass is 16.1. The van der Waals surface area contributed by atoms with E-state index >= 15 is 0 Å². The highest BCUT2D eigenvalue weighted by Gasteiger charge is 2.37. The number of hydrogen-bond acceptors (Lipinski definition) is 2. The van der Waals surface area contributed by atoms with Crippen LogP contribution in [0.3, 0.4) is 0 Å². The second-order valence-corrected chi connectivity index (χ2v) is 7.39. The molecule has 3 atom stereocenters. The van der Waals surface area contributed by atoms with Gasteiger partial charge in [-0.25, -0.2) is 0 Å². The zero-order valence-corrected chi connectivity index (χ0v) is 12.7. The Bertz CT molecular complexity index is 334. The zero-order valence-electron chi connectivity index (χ0n) is 12.7. The third-order valence-electron chi connectivity index (χ3n) is 6.08. The Morgan fingerprint density at radius 3 is 2.05 bits per heavy atom. The fourth-order valence-corrected chi connectivity index (χ4v) is 4.61. The predicted octanol–water partition coefficient (Wildman–Crippen LogP) is 2.98. The molecule has 3 aliphatic carbocycles. The molecular weight excluding hydrogens is 248 g/mol. The van der Waals surface area contributed by atoms with Gasteiger partial charge in [-0.15, -0.1) is 0 Å². The van der Waals surface area contributed by atoms with Gasteiger partial charge in [-0.1, -0.05) is 25.7 Å². The molecule has 3 fully saturated rings. The Morgan fingerprint density at radius 1 is 0.900 bits per heavy atom. The van der Waals surface area contributed by atoms with Crippen molar-refractivity contribution in [2.75, 3.05) is 0 Å². The van der Waals surface area contributed by atoms with Crippen LogP contribution in [0.5, 0.6) is 0 Å². The molecular formula is C17H30N2O. The summed E-state index contributed by atoms with van der Waals surface area (Å²) in [6.45, 7) is 0. The molecule has 1 unspecified atom stereocenters. The molecule has 3 saturated carbocycles. The summed E-state index contributed by atoms with van der Waals surface area (Å²) in [6, 6.07) is 1.26. The van der Waals surface area contributed by atoms with Crippen LogP contribution in [0.1, 0.15) is 70.6 Å². The first-order valence-corrected chi connectivity index (χ1v) is 8.79. The summed E-state index contributed by atoms with van der Waals surface area (Å²) in [7, 11) is 0. The highest BCUT2D eigenvalue weighted by Crippen LogP contribution is 2.39. The molecule has 0 aromatic carbocycles. The number of rotatable bonds is 5. The number of nitrogens with two attached hydrogens (primary N) is 1. The Balaban J connectivity index is 1.57. The summed E-state index contributed by atoms with van der Waals surface area (Å²) < 4.78 is 0. The van der Waals surface area contributed by atoms with Gasteiger partial charge in [0.05, 0.1) is 0 Å². The summed E-state index contributed by atoms with van der Waals surface area (Å²) in [5, 5.41) is 3.96. The van der Waals surface area contributed by atoms with E-state index in [1.807, 2.05) is 0 Å². The standard InChI is InChI=1S/C17H30N2O/c18-17(20)14-9-10-15(11-14)19-16(13-7-4-8-13)12-5-2-1-3-6-12/h12-16,19H,1-11H2,(H2,18,20)/t14-,15+,16?/m1/s1. The summed E-state index contributed by atoms with van der Waals surface area (Å²) in [4.78, 5) is 11.3. The molecule has 0 aromatic rings. The van der Waals surface area contributed by atoms with E-state index in [0.717, 1.165) is 37.1 Å². The van der Waals surface area contributed by atoms with E-state index in [2.05, 4.69) is 5.32 Å². The van der Waals surface area contributed by atoms with E-state index in [0.29, 0.717) is 6.04 Å². The fraction of sp³-hybridized carbons (Fsp3) is 0.941. The summed E-state index contributed by atoms with van der Waals surface area (Å²) >= 11 is 0. The number of nitrogens with one attached hydrogen (secondary N) is 1. The van der Waals surface area contributed by atoms with Crippen molar-refractivity contribution in [2.24, 2.45) is 23.5 Å². The van der Waals surface area contributed by atoms with Crippen molar-refractivity contribution in [1.29, 1.82) is 0 Å². The number of primary amides is 1.